The second-order valence-corrected chi connectivity index (χ2v) is 7.75. The van der Waals surface area contributed by atoms with Crippen molar-refractivity contribution in [2.75, 3.05) is 19.4 Å². The van der Waals surface area contributed by atoms with Crippen LogP contribution >= 0.6 is 0 Å². The third kappa shape index (κ3) is 4.50. The molecule has 2 aromatic rings. The minimum absolute atomic E-state index is 0.182. The average Bonchev–Trinajstić information content (AvgIpc) is 3.46. The Labute approximate surface area is 176 Å². The summed E-state index contributed by atoms with van der Waals surface area (Å²) in [5.74, 6) is -0.301. The lowest BCUT2D eigenvalue weighted by Gasteiger charge is -2.19. The third-order valence-corrected chi connectivity index (χ3v) is 5.67. The van der Waals surface area contributed by atoms with Crippen molar-refractivity contribution < 1.29 is 14.4 Å². The number of carbonyl (C=O) groups excluding carboxylic acids is 3. The molecule has 1 aromatic heterocycles. The van der Waals surface area contributed by atoms with Gasteiger partial charge >= 0.3 is 0 Å². The number of benzene rings is 1. The van der Waals surface area contributed by atoms with Crippen LogP contribution in [0, 0.1) is 5.92 Å². The Hall–Kier alpha value is -3.22. The summed E-state index contributed by atoms with van der Waals surface area (Å²) in [5, 5.41) is 8.70. The van der Waals surface area contributed by atoms with Gasteiger partial charge in [-0.05, 0) is 41.7 Å². The van der Waals surface area contributed by atoms with Gasteiger partial charge in [0.2, 0.25) is 0 Å². The molecule has 1 aromatic carbocycles. The summed E-state index contributed by atoms with van der Waals surface area (Å²) in [6.45, 7) is 4.05. The standard InChI is InChI=1S/C23H28N4O3/c1-13-10-19(13)27-22(29)15-11-20(26-21(12-15)23(30)25-4)14(2)16-6-5-7-18(24-3)17(16)8-9-28/h5-7,9,11-14,19,24H,8,10H2,1-4H3,(H,25,30)(H,27,29)/t13-,14?,19?/m0/s1. The number of nitrogens with one attached hydrogen (secondary N) is 3. The van der Waals surface area contributed by atoms with E-state index in [-0.39, 0.29) is 35.9 Å². The van der Waals surface area contributed by atoms with E-state index in [2.05, 4.69) is 27.9 Å². The Morgan fingerprint density at radius 1 is 1.23 bits per heavy atom. The summed E-state index contributed by atoms with van der Waals surface area (Å²) < 4.78 is 0. The second kappa shape index (κ2) is 9.07. The third-order valence-electron chi connectivity index (χ3n) is 5.67. The van der Waals surface area contributed by atoms with Crippen LogP contribution in [0.25, 0.3) is 0 Å². The van der Waals surface area contributed by atoms with Gasteiger partial charge in [-0.2, -0.15) is 0 Å². The molecule has 7 heteroatoms. The number of hydrogen-bond acceptors (Lipinski definition) is 5. The molecule has 0 spiro atoms. The van der Waals surface area contributed by atoms with E-state index in [4.69, 9.17) is 0 Å². The van der Waals surface area contributed by atoms with E-state index in [0.29, 0.717) is 17.2 Å². The molecule has 1 fully saturated rings. The van der Waals surface area contributed by atoms with Gasteiger partial charge in [0.15, 0.2) is 0 Å². The van der Waals surface area contributed by atoms with Crippen molar-refractivity contribution >= 4 is 23.8 Å². The summed E-state index contributed by atoms with van der Waals surface area (Å²) in [6, 6.07) is 9.21. The van der Waals surface area contributed by atoms with Crippen LogP contribution in [0.2, 0.25) is 0 Å². The Bertz CT molecular complexity index is 973. The number of pyridine rings is 1. The minimum atomic E-state index is -0.352. The fourth-order valence-corrected chi connectivity index (χ4v) is 3.64. The van der Waals surface area contributed by atoms with Crippen LogP contribution in [0.15, 0.2) is 30.3 Å². The largest absolute Gasteiger partial charge is 0.388 e. The van der Waals surface area contributed by atoms with Crippen molar-refractivity contribution in [2.24, 2.45) is 5.92 Å². The first-order chi connectivity index (χ1) is 14.4. The summed E-state index contributed by atoms with van der Waals surface area (Å²) in [6.07, 6.45) is 2.10. The number of aldehydes is 1. The normalized spacial score (nSPS) is 18.3. The fourth-order valence-electron chi connectivity index (χ4n) is 3.64. The number of amides is 2. The van der Waals surface area contributed by atoms with E-state index >= 15 is 0 Å². The minimum Gasteiger partial charge on any atom is -0.388 e. The first kappa shape index (κ1) is 21.5. The first-order valence-corrected chi connectivity index (χ1v) is 10.2. The molecular formula is C23H28N4O3. The van der Waals surface area contributed by atoms with Crippen LogP contribution in [0.4, 0.5) is 5.69 Å². The Kier molecular flexibility index (Phi) is 6.50. The van der Waals surface area contributed by atoms with Gasteiger partial charge < -0.3 is 20.7 Å². The lowest BCUT2D eigenvalue weighted by atomic mass is 9.89. The molecule has 1 aliphatic rings. The van der Waals surface area contributed by atoms with Crippen LogP contribution in [0.3, 0.4) is 0 Å². The molecule has 2 unspecified atom stereocenters. The highest BCUT2D eigenvalue weighted by molar-refractivity contribution is 5.99. The molecular weight excluding hydrogens is 380 g/mol. The van der Waals surface area contributed by atoms with Crippen molar-refractivity contribution in [3.63, 3.8) is 0 Å². The molecule has 0 aliphatic heterocycles. The van der Waals surface area contributed by atoms with Gasteiger partial charge in [0, 0.05) is 49.4 Å². The number of anilines is 1. The molecule has 0 bridgehead atoms. The molecule has 158 valence electrons. The summed E-state index contributed by atoms with van der Waals surface area (Å²) >= 11 is 0. The molecule has 1 aliphatic carbocycles. The molecule has 30 heavy (non-hydrogen) atoms. The highest BCUT2D eigenvalue weighted by Crippen LogP contribution is 2.32. The predicted molar refractivity (Wildman–Crippen MR) is 116 cm³/mol. The average molecular weight is 409 g/mol. The van der Waals surface area contributed by atoms with Crippen LogP contribution in [0.1, 0.15) is 63.9 Å². The number of carbonyl (C=O) groups is 3. The molecule has 3 rings (SSSR count). The SMILES string of the molecule is CNC(=O)c1cc(C(=O)NC2C[C@@H]2C)cc(C(C)c2cccc(NC)c2CC=O)n1. The van der Waals surface area contributed by atoms with E-state index in [1.54, 1.807) is 6.07 Å². The highest BCUT2D eigenvalue weighted by atomic mass is 16.2. The van der Waals surface area contributed by atoms with Crippen molar-refractivity contribution in [3.8, 4) is 0 Å². The molecule has 0 saturated heterocycles. The fraction of sp³-hybridized carbons (Fsp3) is 0.391. The molecule has 2 amide bonds. The summed E-state index contributed by atoms with van der Waals surface area (Å²) in [7, 11) is 3.34. The summed E-state index contributed by atoms with van der Waals surface area (Å²) in [5.41, 5.74) is 3.88. The predicted octanol–water partition coefficient (Wildman–Crippen LogP) is 2.51. The van der Waals surface area contributed by atoms with Gasteiger partial charge in [0.25, 0.3) is 11.8 Å². The number of rotatable bonds is 8. The lowest BCUT2D eigenvalue weighted by Crippen LogP contribution is -2.28. The van der Waals surface area contributed by atoms with Crippen molar-refractivity contribution in [3.05, 3.63) is 58.4 Å². The summed E-state index contributed by atoms with van der Waals surface area (Å²) in [4.78, 5) is 40.8. The quantitative estimate of drug-likeness (QED) is 0.583. The van der Waals surface area contributed by atoms with Crippen LogP contribution < -0.4 is 16.0 Å². The molecule has 0 radical (unpaired) electrons. The van der Waals surface area contributed by atoms with E-state index in [1.165, 1.54) is 13.1 Å². The zero-order valence-electron chi connectivity index (χ0n) is 17.8. The first-order valence-electron chi connectivity index (χ1n) is 10.2. The van der Waals surface area contributed by atoms with Gasteiger partial charge in [0.1, 0.15) is 12.0 Å². The van der Waals surface area contributed by atoms with Crippen LogP contribution in [-0.2, 0) is 11.2 Å². The molecule has 1 heterocycles. The van der Waals surface area contributed by atoms with Crippen molar-refractivity contribution in [1.82, 2.24) is 15.6 Å². The number of nitrogens with zero attached hydrogens (tertiary/aromatic N) is 1. The Morgan fingerprint density at radius 3 is 2.57 bits per heavy atom. The smallest absolute Gasteiger partial charge is 0.269 e. The van der Waals surface area contributed by atoms with Gasteiger partial charge in [-0.1, -0.05) is 26.0 Å². The topological polar surface area (TPSA) is 100 Å². The molecule has 1 saturated carbocycles. The lowest BCUT2D eigenvalue weighted by molar-refractivity contribution is -0.107. The maximum atomic E-state index is 12.8. The molecule has 3 atom stereocenters. The highest BCUT2D eigenvalue weighted by Gasteiger charge is 2.34. The van der Waals surface area contributed by atoms with Gasteiger partial charge in [-0.3, -0.25) is 9.59 Å². The van der Waals surface area contributed by atoms with Gasteiger partial charge in [-0.15, -0.1) is 0 Å². The van der Waals surface area contributed by atoms with Gasteiger partial charge in [-0.25, -0.2) is 4.98 Å². The van der Waals surface area contributed by atoms with Crippen molar-refractivity contribution in [2.45, 2.75) is 38.6 Å². The zero-order valence-corrected chi connectivity index (χ0v) is 17.8. The van der Waals surface area contributed by atoms with Crippen LogP contribution in [-0.4, -0.2) is 43.2 Å². The Morgan fingerprint density at radius 2 is 1.97 bits per heavy atom. The zero-order chi connectivity index (χ0) is 21.8. The second-order valence-electron chi connectivity index (χ2n) is 7.75. The van der Waals surface area contributed by atoms with E-state index in [0.717, 1.165) is 29.5 Å². The van der Waals surface area contributed by atoms with E-state index in [9.17, 15) is 14.4 Å². The van der Waals surface area contributed by atoms with E-state index < -0.39 is 0 Å². The van der Waals surface area contributed by atoms with E-state index in [1.807, 2.05) is 32.2 Å². The number of aromatic nitrogens is 1. The number of hydrogen-bond donors (Lipinski definition) is 3. The van der Waals surface area contributed by atoms with Crippen molar-refractivity contribution in [1.29, 1.82) is 0 Å². The van der Waals surface area contributed by atoms with Crippen LogP contribution in [0.5, 0.6) is 0 Å². The maximum absolute atomic E-state index is 12.8. The Balaban J connectivity index is 2.03. The molecule has 7 nitrogen and oxygen atoms in total. The maximum Gasteiger partial charge on any atom is 0.269 e. The van der Waals surface area contributed by atoms with Gasteiger partial charge in [0.05, 0.1) is 0 Å². The monoisotopic (exact) mass is 408 g/mol. The molecule has 3 N–H and O–H groups in total.